The number of carbonyl (C=O) groups excluding carboxylic acids is 1. The van der Waals surface area contributed by atoms with Gasteiger partial charge in [-0.1, -0.05) is 30.3 Å². The van der Waals surface area contributed by atoms with Crippen LogP contribution in [0.25, 0.3) is 0 Å². The first kappa shape index (κ1) is 16.5. The van der Waals surface area contributed by atoms with Gasteiger partial charge in [0.15, 0.2) is 0 Å². The molecule has 2 heterocycles. The van der Waals surface area contributed by atoms with Crippen molar-refractivity contribution in [3.8, 4) is 0 Å². The maximum absolute atomic E-state index is 12.5. The highest BCUT2D eigenvalue weighted by Crippen LogP contribution is 2.32. The average Bonchev–Trinajstić information content (AvgIpc) is 2.92. The third-order valence-corrected chi connectivity index (χ3v) is 6.83. The molecule has 0 spiro atoms. The second-order valence-corrected chi connectivity index (χ2v) is 8.70. The third kappa shape index (κ3) is 3.43. The lowest BCUT2D eigenvalue weighted by Gasteiger charge is -2.30. The maximum atomic E-state index is 12.5. The molecule has 0 unspecified atom stereocenters. The summed E-state index contributed by atoms with van der Waals surface area (Å²) in [5, 5.41) is 0. The Morgan fingerprint density at radius 1 is 1.17 bits per heavy atom. The van der Waals surface area contributed by atoms with Gasteiger partial charge in [0, 0.05) is 32.1 Å². The van der Waals surface area contributed by atoms with E-state index in [4.69, 9.17) is 0 Å². The largest absolute Gasteiger partial charge is 0.334 e. The zero-order chi connectivity index (χ0) is 16.4. The standard InChI is InChI=1S/C17H24N2O3S/c1-2-23(21,22)18-12-15-9-6-10-17(20)19(16(15)13-18)11-14-7-4-3-5-8-14/h3-5,7-8,15-16H,2,6,9-13H2,1H3/t15-,16+/m1/s1. The minimum Gasteiger partial charge on any atom is -0.334 e. The molecule has 1 aromatic carbocycles. The van der Waals surface area contributed by atoms with Gasteiger partial charge in [0.1, 0.15) is 0 Å². The molecule has 2 aliphatic rings. The Balaban J connectivity index is 1.83. The van der Waals surface area contributed by atoms with Gasteiger partial charge in [0.2, 0.25) is 15.9 Å². The number of nitrogens with zero attached hydrogens (tertiary/aromatic N) is 2. The molecule has 126 valence electrons. The lowest BCUT2D eigenvalue weighted by Crippen LogP contribution is -2.43. The van der Waals surface area contributed by atoms with Gasteiger partial charge >= 0.3 is 0 Å². The Labute approximate surface area is 138 Å². The summed E-state index contributed by atoms with van der Waals surface area (Å²) >= 11 is 0. The summed E-state index contributed by atoms with van der Waals surface area (Å²) in [4.78, 5) is 14.5. The van der Waals surface area contributed by atoms with Gasteiger partial charge in [-0.15, -0.1) is 0 Å². The Morgan fingerprint density at radius 2 is 1.91 bits per heavy atom. The zero-order valence-corrected chi connectivity index (χ0v) is 14.3. The summed E-state index contributed by atoms with van der Waals surface area (Å²) < 4.78 is 26.0. The number of sulfonamides is 1. The van der Waals surface area contributed by atoms with E-state index in [1.54, 1.807) is 11.2 Å². The molecule has 0 N–H and O–H groups in total. The molecule has 0 radical (unpaired) electrons. The van der Waals surface area contributed by atoms with Gasteiger partial charge in [-0.25, -0.2) is 8.42 Å². The normalized spacial score (nSPS) is 26.1. The molecule has 1 aromatic rings. The number of amides is 1. The number of hydrogen-bond donors (Lipinski definition) is 0. The molecule has 2 fully saturated rings. The number of hydrogen-bond acceptors (Lipinski definition) is 3. The second-order valence-electron chi connectivity index (χ2n) is 6.44. The summed E-state index contributed by atoms with van der Waals surface area (Å²) in [5.41, 5.74) is 1.10. The Morgan fingerprint density at radius 3 is 2.61 bits per heavy atom. The van der Waals surface area contributed by atoms with Crippen molar-refractivity contribution in [2.75, 3.05) is 18.8 Å². The highest BCUT2D eigenvalue weighted by atomic mass is 32.2. The van der Waals surface area contributed by atoms with Crippen LogP contribution >= 0.6 is 0 Å². The zero-order valence-electron chi connectivity index (χ0n) is 13.5. The monoisotopic (exact) mass is 336 g/mol. The first-order chi connectivity index (χ1) is 11.0. The van der Waals surface area contributed by atoms with E-state index in [0.29, 0.717) is 26.1 Å². The van der Waals surface area contributed by atoms with E-state index in [1.165, 1.54) is 0 Å². The van der Waals surface area contributed by atoms with Crippen molar-refractivity contribution in [1.82, 2.24) is 9.21 Å². The van der Waals surface area contributed by atoms with E-state index in [0.717, 1.165) is 18.4 Å². The fourth-order valence-corrected chi connectivity index (χ4v) is 4.86. The Bertz CT molecular complexity index is 660. The first-order valence-corrected chi connectivity index (χ1v) is 9.93. The number of rotatable bonds is 4. The molecule has 2 saturated heterocycles. The van der Waals surface area contributed by atoms with Crippen LogP contribution in [0.4, 0.5) is 0 Å². The van der Waals surface area contributed by atoms with Gasteiger partial charge in [0.25, 0.3) is 0 Å². The Hall–Kier alpha value is -1.40. The van der Waals surface area contributed by atoms with Crippen LogP contribution in [0.5, 0.6) is 0 Å². The lowest BCUT2D eigenvalue weighted by molar-refractivity contribution is -0.133. The van der Waals surface area contributed by atoms with Crippen molar-refractivity contribution in [2.45, 2.75) is 38.8 Å². The van der Waals surface area contributed by atoms with Crippen LogP contribution < -0.4 is 0 Å². The van der Waals surface area contributed by atoms with E-state index in [1.807, 2.05) is 35.2 Å². The van der Waals surface area contributed by atoms with Crippen LogP contribution in [-0.4, -0.2) is 48.4 Å². The first-order valence-electron chi connectivity index (χ1n) is 8.32. The van der Waals surface area contributed by atoms with Crippen molar-refractivity contribution < 1.29 is 13.2 Å². The van der Waals surface area contributed by atoms with Crippen LogP contribution in [0.3, 0.4) is 0 Å². The minimum absolute atomic E-state index is 0.00605. The smallest absolute Gasteiger partial charge is 0.223 e. The van der Waals surface area contributed by atoms with Gasteiger partial charge in [0.05, 0.1) is 5.75 Å². The summed E-state index contributed by atoms with van der Waals surface area (Å²) in [6.07, 6.45) is 2.35. The SMILES string of the molecule is CCS(=O)(=O)N1C[C@H]2CCCC(=O)N(Cc3ccccc3)[C@H]2C1. The van der Waals surface area contributed by atoms with Crippen LogP contribution in [0.1, 0.15) is 31.7 Å². The summed E-state index contributed by atoms with van der Waals surface area (Å²) in [7, 11) is -3.19. The maximum Gasteiger partial charge on any atom is 0.223 e. The number of benzene rings is 1. The van der Waals surface area contributed by atoms with E-state index in [9.17, 15) is 13.2 Å². The third-order valence-electron chi connectivity index (χ3n) is 5.01. The van der Waals surface area contributed by atoms with Crippen LogP contribution in [0.2, 0.25) is 0 Å². The number of likely N-dealkylation sites (tertiary alicyclic amines) is 1. The molecular formula is C17H24N2O3S. The van der Waals surface area contributed by atoms with Gasteiger partial charge < -0.3 is 4.90 Å². The van der Waals surface area contributed by atoms with E-state index < -0.39 is 10.0 Å². The van der Waals surface area contributed by atoms with Crippen LogP contribution in [-0.2, 0) is 21.4 Å². The summed E-state index contributed by atoms with van der Waals surface area (Å²) in [5.74, 6) is 0.530. The summed E-state index contributed by atoms with van der Waals surface area (Å²) in [6.45, 7) is 3.25. The highest BCUT2D eigenvalue weighted by Gasteiger charge is 2.43. The predicted molar refractivity (Wildman–Crippen MR) is 89.2 cm³/mol. The van der Waals surface area contributed by atoms with E-state index >= 15 is 0 Å². The molecule has 0 bridgehead atoms. The van der Waals surface area contributed by atoms with Crippen molar-refractivity contribution in [3.63, 3.8) is 0 Å². The molecule has 0 aromatic heterocycles. The van der Waals surface area contributed by atoms with E-state index in [-0.39, 0.29) is 23.6 Å². The van der Waals surface area contributed by atoms with Crippen molar-refractivity contribution in [1.29, 1.82) is 0 Å². The predicted octanol–water partition coefficient (Wildman–Crippen LogP) is 1.85. The van der Waals surface area contributed by atoms with Crippen molar-refractivity contribution in [3.05, 3.63) is 35.9 Å². The molecule has 5 nitrogen and oxygen atoms in total. The quantitative estimate of drug-likeness (QED) is 0.843. The molecule has 2 atom stereocenters. The lowest BCUT2D eigenvalue weighted by atomic mass is 9.98. The van der Waals surface area contributed by atoms with Gasteiger partial charge in [-0.2, -0.15) is 4.31 Å². The number of fused-ring (bicyclic) bond motifs is 1. The molecule has 3 rings (SSSR count). The van der Waals surface area contributed by atoms with Crippen LogP contribution in [0.15, 0.2) is 30.3 Å². The highest BCUT2D eigenvalue weighted by molar-refractivity contribution is 7.89. The fraction of sp³-hybridized carbons (Fsp3) is 0.588. The van der Waals surface area contributed by atoms with E-state index in [2.05, 4.69) is 0 Å². The molecule has 0 aliphatic carbocycles. The molecule has 2 aliphatic heterocycles. The van der Waals surface area contributed by atoms with Gasteiger partial charge in [-0.05, 0) is 31.2 Å². The average molecular weight is 336 g/mol. The molecule has 6 heteroatoms. The molecule has 0 saturated carbocycles. The van der Waals surface area contributed by atoms with Crippen molar-refractivity contribution >= 4 is 15.9 Å². The van der Waals surface area contributed by atoms with Crippen LogP contribution in [0, 0.1) is 5.92 Å². The fourth-order valence-electron chi connectivity index (χ4n) is 3.69. The molecular weight excluding hydrogens is 312 g/mol. The summed E-state index contributed by atoms with van der Waals surface area (Å²) in [6, 6.07) is 9.94. The molecule has 23 heavy (non-hydrogen) atoms. The number of carbonyl (C=O) groups is 1. The molecule has 1 amide bonds. The minimum atomic E-state index is -3.19. The Kier molecular flexibility index (Phi) is 4.73. The van der Waals surface area contributed by atoms with Crippen molar-refractivity contribution in [2.24, 2.45) is 5.92 Å². The second kappa shape index (κ2) is 6.61. The topological polar surface area (TPSA) is 57.7 Å². The van der Waals surface area contributed by atoms with Gasteiger partial charge in [-0.3, -0.25) is 4.79 Å².